The van der Waals surface area contributed by atoms with Crippen LogP contribution < -0.4 is 16.0 Å². The third-order valence-electron chi connectivity index (χ3n) is 4.16. The Morgan fingerprint density at radius 3 is 2.42 bits per heavy atom. The number of carbonyl (C=O) groups excluding carboxylic acids is 2. The van der Waals surface area contributed by atoms with E-state index in [0.29, 0.717) is 12.5 Å². The highest BCUT2D eigenvalue weighted by molar-refractivity contribution is 5.88. The Labute approximate surface area is 155 Å². The number of aliphatic imine (C=N–C) groups is 1. The molecule has 7 heteroatoms. The lowest BCUT2D eigenvalue weighted by Gasteiger charge is -2.15. The number of nitrogens with one attached hydrogen (secondary N) is 3. The Morgan fingerprint density at radius 2 is 1.81 bits per heavy atom. The van der Waals surface area contributed by atoms with Crippen LogP contribution in [0.3, 0.4) is 0 Å². The monoisotopic (exact) mass is 359 g/mol. The van der Waals surface area contributed by atoms with Crippen LogP contribution >= 0.6 is 0 Å². The van der Waals surface area contributed by atoms with Gasteiger partial charge in [-0.15, -0.1) is 0 Å². The van der Waals surface area contributed by atoms with Crippen molar-refractivity contribution in [3.63, 3.8) is 0 Å². The zero-order valence-electron chi connectivity index (χ0n) is 15.7. The molecule has 7 nitrogen and oxygen atoms in total. The van der Waals surface area contributed by atoms with E-state index in [2.05, 4.69) is 20.9 Å². The summed E-state index contributed by atoms with van der Waals surface area (Å²) in [6.45, 7) is 6.84. The van der Waals surface area contributed by atoms with Crippen molar-refractivity contribution in [2.75, 3.05) is 38.0 Å². The summed E-state index contributed by atoms with van der Waals surface area (Å²) in [7, 11) is 0. The third-order valence-corrected chi connectivity index (χ3v) is 4.16. The summed E-state index contributed by atoms with van der Waals surface area (Å²) in [6.07, 6.45) is 3.01. The number of hydrogen-bond donors (Lipinski definition) is 3. The number of carbonyl (C=O) groups is 2. The highest BCUT2D eigenvalue weighted by atomic mass is 16.2. The van der Waals surface area contributed by atoms with Gasteiger partial charge in [0.05, 0.1) is 0 Å². The first-order chi connectivity index (χ1) is 12.6. The summed E-state index contributed by atoms with van der Waals surface area (Å²) in [5, 5.41) is 9.18. The van der Waals surface area contributed by atoms with Gasteiger partial charge in [0.1, 0.15) is 6.54 Å². The molecule has 142 valence electrons. The fourth-order valence-electron chi connectivity index (χ4n) is 2.84. The number of rotatable bonds is 7. The molecule has 0 radical (unpaired) electrons. The minimum Gasteiger partial charge on any atom is -0.357 e. The van der Waals surface area contributed by atoms with E-state index < -0.39 is 0 Å². The first-order valence-electron chi connectivity index (χ1n) is 9.25. The van der Waals surface area contributed by atoms with Crippen LogP contribution in [0.5, 0.6) is 0 Å². The maximum atomic E-state index is 12.1. The van der Waals surface area contributed by atoms with Crippen LogP contribution in [0.15, 0.2) is 29.3 Å². The van der Waals surface area contributed by atoms with E-state index in [1.165, 1.54) is 6.92 Å². The molecule has 1 aromatic rings. The lowest BCUT2D eigenvalue weighted by molar-refractivity contribution is -0.128. The van der Waals surface area contributed by atoms with Gasteiger partial charge in [0, 0.05) is 38.8 Å². The molecule has 0 spiro atoms. The molecule has 1 heterocycles. The molecule has 0 atom stereocenters. The molecule has 1 fully saturated rings. The van der Waals surface area contributed by atoms with Gasteiger partial charge in [-0.1, -0.05) is 12.1 Å². The zero-order valence-corrected chi connectivity index (χ0v) is 15.7. The van der Waals surface area contributed by atoms with E-state index >= 15 is 0 Å². The van der Waals surface area contributed by atoms with Crippen LogP contribution in [0.1, 0.15) is 32.3 Å². The van der Waals surface area contributed by atoms with E-state index in [4.69, 9.17) is 0 Å². The van der Waals surface area contributed by atoms with Gasteiger partial charge in [0.25, 0.3) is 0 Å². The molecule has 0 aliphatic carbocycles. The molecule has 26 heavy (non-hydrogen) atoms. The number of nitrogens with zero attached hydrogens (tertiary/aromatic N) is 2. The molecule has 0 aromatic heterocycles. The Morgan fingerprint density at radius 1 is 1.12 bits per heavy atom. The van der Waals surface area contributed by atoms with Gasteiger partial charge in [-0.05, 0) is 43.9 Å². The number of anilines is 1. The minimum absolute atomic E-state index is 0.0746. The summed E-state index contributed by atoms with van der Waals surface area (Å²) in [5.41, 5.74) is 1.96. The molecule has 2 amide bonds. The lowest BCUT2D eigenvalue weighted by atomic mass is 10.1. The average molecular weight is 359 g/mol. The largest absolute Gasteiger partial charge is 0.357 e. The van der Waals surface area contributed by atoms with Gasteiger partial charge in [-0.2, -0.15) is 0 Å². The molecule has 1 aliphatic heterocycles. The number of amides is 2. The molecule has 1 aliphatic rings. The Balaban J connectivity index is 1.79. The van der Waals surface area contributed by atoms with Crippen molar-refractivity contribution < 1.29 is 9.59 Å². The quantitative estimate of drug-likeness (QED) is 0.507. The first-order valence-corrected chi connectivity index (χ1v) is 9.25. The summed E-state index contributed by atoms with van der Waals surface area (Å²) in [4.78, 5) is 29.4. The van der Waals surface area contributed by atoms with Crippen molar-refractivity contribution in [3.8, 4) is 0 Å². The molecular weight excluding hydrogens is 330 g/mol. The maximum absolute atomic E-state index is 12.1. The van der Waals surface area contributed by atoms with Crippen LogP contribution in [0.2, 0.25) is 0 Å². The SMILES string of the molecule is CCNC(=NCC(=O)N1CCCC1)NCCc1ccc(NC(C)=O)cc1. The standard InChI is InChI=1S/C19H29N5O2/c1-3-20-19(22-14-18(26)24-12-4-5-13-24)21-11-10-16-6-8-17(9-7-16)23-15(2)25/h6-9H,3-5,10-14H2,1-2H3,(H,23,25)(H2,20,21,22). The Kier molecular flexibility index (Phi) is 7.92. The van der Waals surface area contributed by atoms with Crippen molar-refractivity contribution in [1.82, 2.24) is 15.5 Å². The fourth-order valence-corrected chi connectivity index (χ4v) is 2.84. The molecule has 1 saturated heterocycles. The summed E-state index contributed by atoms with van der Waals surface area (Å²) >= 11 is 0. The topological polar surface area (TPSA) is 85.8 Å². The molecule has 0 unspecified atom stereocenters. The van der Waals surface area contributed by atoms with Crippen molar-refractivity contribution in [2.24, 2.45) is 4.99 Å². The number of benzene rings is 1. The summed E-state index contributed by atoms with van der Waals surface area (Å²) in [6, 6.07) is 7.78. The highest BCUT2D eigenvalue weighted by Crippen LogP contribution is 2.10. The summed E-state index contributed by atoms with van der Waals surface area (Å²) in [5.74, 6) is 0.678. The van der Waals surface area contributed by atoms with E-state index in [1.807, 2.05) is 36.1 Å². The number of guanidine groups is 1. The van der Waals surface area contributed by atoms with E-state index in [1.54, 1.807) is 0 Å². The second-order valence-electron chi connectivity index (χ2n) is 6.34. The molecule has 1 aromatic carbocycles. The van der Waals surface area contributed by atoms with E-state index in [-0.39, 0.29) is 18.4 Å². The number of likely N-dealkylation sites (tertiary alicyclic amines) is 1. The molecule has 0 saturated carbocycles. The molecular formula is C19H29N5O2. The van der Waals surface area contributed by atoms with Crippen LogP contribution in [0.4, 0.5) is 5.69 Å². The van der Waals surface area contributed by atoms with Crippen molar-refractivity contribution in [2.45, 2.75) is 33.1 Å². The highest BCUT2D eigenvalue weighted by Gasteiger charge is 2.17. The second kappa shape index (κ2) is 10.4. The minimum atomic E-state index is -0.0746. The van der Waals surface area contributed by atoms with Crippen LogP contribution in [0.25, 0.3) is 0 Å². The lowest BCUT2D eigenvalue weighted by Crippen LogP contribution is -2.39. The Bertz CT molecular complexity index is 621. The first kappa shape index (κ1) is 19.8. The second-order valence-corrected chi connectivity index (χ2v) is 6.34. The van der Waals surface area contributed by atoms with Gasteiger partial charge in [0.2, 0.25) is 11.8 Å². The maximum Gasteiger partial charge on any atom is 0.244 e. The average Bonchev–Trinajstić information content (AvgIpc) is 3.15. The van der Waals surface area contributed by atoms with Crippen LogP contribution in [0, 0.1) is 0 Å². The van der Waals surface area contributed by atoms with Crippen LogP contribution in [-0.2, 0) is 16.0 Å². The van der Waals surface area contributed by atoms with E-state index in [9.17, 15) is 9.59 Å². The predicted molar refractivity (Wildman–Crippen MR) is 104 cm³/mol. The van der Waals surface area contributed by atoms with Gasteiger partial charge in [0.15, 0.2) is 5.96 Å². The smallest absolute Gasteiger partial charge is 0.244 e. The zero-order chi connectivity index (χ0) is 18.8. The summed E-state index contributed by atoms with van der Waals surface area (Å²) < 4.78 is 0. The van der Waals surface area contributed by atoms with Crippen LogP contribution in [-0.4, -0.2) is 55.4 Å². The molecule has 0 bridgehead atoms. The van der Waals surface area contributed by atoms with Gasteiger partial charge >= 0.3 is 0 Å². The van der Waals surface area contributed by atoms with Gasteiger partial charge in [-0.25, -0.2) is 4.99 Å². The van der Waals surface area contributed by atoms with Crippen molar-refractivity contribution in [3.05, 3.63) is 29.8 Å². The van der Waals surface area contributed by atoms with Gasteiger partial charge in [-0.3, -0.25) is 9.59 Å². The fraction of sp³-hybridized carbons (Fsp3) is 0.526. The number of hydrogen-bond acceptors (Lipinski definition) is 3. The Hall–Kier alpha value is -2.57. The third kappa shape index (κ3) is 6.74. The van der Waals surface area contributed by atoms with Crippen molar-refractivity contribution >= 4 is 23.5 Å². The molecule has 3 N–H and O–H groups in total. The normalized spacial score (nSPS) is 14.2. The predicted octanol–water partition coefficient (Wildman–Crippen LogP) is 1.37. The van der Waals surface area contributed by atoms with Gasteiger partial charge < -0.3 is 20.9 Å². The van der Waals surface area contributed by atoms with E-state index in [0.717, 1.165) is 50.1 Å². The molecule has 2 rings (SSSR count). The van der Waals surface area contributed by atoms with Crippen molar-refractivity contribution in [1.29, 1.82) is 0 Å².